The molecule has 80 heavy (non-hydrogen) atoms. The number of carbonyl (C=O) groups is 2. The Balaban J connectivity index is 3.62. The molecule has 0 saturated carbocycles. The van der Waals surface area contributed by atoms with Gasteiger partial charge in [0, 0.05) is 12.8 Å². The third-order valence-electron chi connectivity index (χ3n) is 12.9. The molecule has 5 nitrogen and oxygen atoms in total. The zero-order valence-electron chi connectivity index (χ0n) is 51.0. The lowest BCUT2D eigenvalue weighted by Crippen LogP contribution is -2.28. The molecule has 0 amide bonds. The Labute approximate surface area is 492 Å². The fourth-order valence-corrected chi connectivity index (χ4v) is 8.17. The van der Waals surface area contributed by atoms with Crippen molar-refractivity contribution in [1.29, 1.82) is 0 Å². The minimum absolute atomic E-state index is 0.0925. The summed E-state index contributed by atoms with van der Waals surface area (Å²) < 4.78 is 10.7. The summed E-state index contributed by atoms with van der Waals surface area (Å²) >= 11 is 0. The van der Waals surface area contributed by atoms with E-state index in [2.05, 4.69) is 208 Å². The van der Waals surface area contributed by atoms with E-state index < -0.39 is 6.10 Å². The molecule has 0 bridgehead atoms. The Hall–Kier alpha value is -5.26. The lowest BCUT2D eigenvalue weighted by molar-refractivity contribution is -0.161. The van der Waals surface area contributed by atoms with Crippen LogP contribution in [0.5, 0.6) is 0 Å². The Morgan fingerprint density at radius 2 is 0.500 bits per heavy atom. The number of carbonyl (C=O) groups excluding carboxylic acids is 2. The largest absolute Gasteiger partial charge is 0.462 e. The van der Waals surface area contributed by atoms with Crippen LogP contribution in [0.1, 0.15) is 245 Å². The summed E-state index contributed by atoms with van der Waals surface area (Å²) in [7, 11) is 0. The normalized spacial score (nSPS) is 13.6. The lowest BCUT2D eigenvalue weighted by atomic mass is 10.0. The maximum Gasteiger partial charge on any atom is 0.306 e. The van der Waals surface area contributed by atoms with Crippen molar-refractivity contribution in [2.75, 3.05) is 13.2 Å². The van der Waals surface area contributed by atoms with Gasteiger partial charge in [-0.3, -0.25) is 9.59 Å². The molecule has 446 valence electrons. The van der Waals surface area contributed by atoms with E-state index in [0.717, 1.165) is 154 Å². The van der Waals surface area contributed by atoms with Gasteiger partial charge in [0.15, 0.2) is 6.10 Å². The summed E-state index contributed by atoms with van der Waals surface area (Å²) in [5, 5.41) is 9.68. The van der Waals surface area contributed by atoms with Crippen LogP contribution in [0.15, 0.2) is 194 Å². The topological polar surface area (TPSA) is 72.8 Å². The highest BCUT2D eigenvalue weighted by Gasteiger charge is 2.16. The second-order valence-corrected chi connectivity index (χ2v) is 20.4. The van der Waals surface area contributed by atoms with Gasteiger partial charge in [-0.2, -0.15) is 0 Å². The van der Waals surface area contributed by atoms with Crippen molar-refractivity contribution in [1.82, 2.24) is 0 Å². The van der Waals surface area contributed by atoms with E-state index in [1.165, 1.54) is 64.2 Å². The number of aliphatic hydroxyl groups is 1. The van der Waals surface area contributed by atoms with Crippen LogP contribution in [0.2, 0.25) is 0 Å². The summed E-state index contributed by atoms with van der Waals surface area (Å²) in [6.07, 6.45) is 108. The summed E-state index contributed by atoms with van der Waals surface area (Å²) in [4.78, 5) is 24.6. The fourth-order valence-electron chi connectivity index (χ4n) is 8.17. The molecule has 0 aliphatic carbocycles. The number of rotatable bonds is 56. The molecule has 0 rings (SSSR count). The third-order valence-corrected chi connectivity index (χ3v) is 12.9. The molecule has 0 radical (unpaired) electrons. The second kappa shape index (κ2) is 68.0. The number of hydrogen-bond acceptors (Lipinski definition) is 5. The SMILES string of the molecule is CC/C=C\C/C=C\C/C=C\C/C=C\C/C=C\C/C=C\C/C=C\C/C=C\CCCCCCCCCCCCCCC(=O)OC(CO)COC(=O)CCCCCC/C=C\C/C=C\C/C=C\C/C=C\C/C=C\C/C=C\C/C=C\C/C=C\CC. The van der Waals surface area contributed by atoms with E-state index in [1.54, 1.807) is 0 Å². The van der Waals surface area contributed by atoms with E-state index in [9.17, 15) is 14.7 Å². The van der Waals surface area contributed by atoms with E-state index in [0.29, 0.717) is 12.8 Å². The van der Waals surface area contributed by atoms with Crippen LogP contribution in [0.25, 0.3) is 0 Å². The van der Waals surface area contributed by atoms with Crippen LogP contribution in [0, 0.1) is 0 Å². The zero-order valence-corrected chi connectivity index (χ0v) is 51.0. The predicted octanol–water partition coefficient (Wildman–Crippen LogP) is 22.4. The van der Waals surface area contributed by atoms with Crippen LogP contribution in [0.4, 0.5) is 0 Å². The Bertz CT molecular complexity index is 1870. The van der Waals surface area contributed by atoms with E-state index in [4.69, 9.17) is 9.47 Å². The zero-order chi connectivity index (χ0) is 57.6. The molecular formula is C75H116O5. The summed E-state index contributed by atoms with van der Waals surface area (Å²) in [5.41, 5.74) is 0. The Morgan fingerprint density at radius 1 is 0.287 bits per heavy atom. The van der Waals surface area contributed by atoms with Crippen molar-refractivity contribution in [2.24, 2.45) is 0 Å². The van der Waals surface area contributed by atoms with Gasteiger partial charge in [0.25, 0.3) is 0 Å². The van der Waals surface area contributed by atoms with Crippen molar-refractivity contribution in [2.45, 2.75) is 251 Å². The van der Waals surface area contributed by atoms with Gasteiger partial charge in [0.2, 0.25) is 0 Å². The van der Waals surface area contributed by atoms with E-state index in [1.807, 2.05) is 0 Å². The van der Waals surface area contributed by atoms with Gasteiger partial charge in [-0.1, -0.05) is 285 Å². The van der Waals surface area contributed by atoms with Gasteiger partial charge in [-0.05, 0) is 141 Å². The van der Waals surface area contributed by atoms with Crippen molar-refractivity contribution in [3.63, 3.8) is 0 Å². The highest BCUT2D eigenvalue weighted by molar-refractivity contribution is 5.70. The van der Waals surface area contributed by atoms with Gasteiger partial charge in [0.1, 0.15) is 6.61 Å². The first-order chi connectivity index (χ1) is 39.6. The third kappa shape index (κ3) is 65.3. The first-order valence-electron chi connectivity index (χ1n) is 32.0. The van der Waals surface area contributed by atoms with Gasteiger partial charge in [-0.15, -0.1) is 0 Å². The fraction of sp³-hybridized carbons (Fsp3) is 0.547. The van der Waals surface area contributed by atoms with Gasteiger partial charge in [0.05, 0.1) is 6.61 Å². The van der Waals surface area contributed by atoms with Crippen molar-refractivity contribution < 1.29 is 24.2 Å². The Morgan fingerprint density at radius 3 is 0.750 bits per heavy atom. The molecular weight excluding hydrogens is 981 g/mol. The molecule has 0 aromatic rings. The highest BCUT2D eigenvalue weighted by Crippen LogP contribution is 2.14. The number of unbranched alkanes of at least 4 members (excludes halogenated alkanes) is 16. The first kappa shape index (κ1) is 74.7. The molecule has 1 atom stereocenters. The monoisotopic (exact) mass is 1100 g/mol. The van der Waals surface area contributed by atoms with Crippen LogP contribution < -0.4 is 0 Å². The minimum Gasteiger partial charge on any atom is -0.462 e. The average Bonchev–Trinajstić information content (AvgIpc) is 3.46. The predicted molar refractivity (Wildman–Crippen MR) is 352 cm³/mol. The first-order valence-corrected chi connectivity index (χ1v) is 32.0. The molecule has 0 aliphatic rings. The smallest absolute Gasteiger partial charge is 0.306 e. The molecule has 1 N–H and O–H groups in total. The molecule has 1 unspecified atom stereocenters. The highest BCUT2D eigenvalue weighted by atomic mass is 16.6. The molecule has 0 heterocycles. The van der Waals surface area contributed by atoms with E-state index in [-0.39, 0.29) is 25.2 Å². The van der Waals surface area contributed by atoms with Gasteiger partial charge < -0.3 is 14.6 Å². The van der Waals surface area contributed by atoms with Crippen molar-refractivity contribution in [3.8, 4) is 0 Å². The molecule has 0 aromatic heterocycles. The van der Waals surface area contributed by atoms with Crippen LogP contribution in [-0.2, 0) is 19.1 Å². The average molecular weight is 1100 g/mol. The van der Waals surface area contributed by atoms with Crippen LogP contribution in [0.3, 0.4) is 0 Å². The maximum atomic E-state index is 12.3. The van der Waals surface area contributed by atoms with Crippen LogP contribution in [-0.4, -0.2) is 36.4 Å². The molecule has 0 spiro atoms. The summed E-state index contributed by atoms with van der Waals surface area (Å²) in [6.45, 7) is 3.88. The standard InChI is InChI=1S/C75H116O5/c1-3-5-7-9-11-13-15-17-19-21-23-25-27-29-31-33-34-35-36-37-38-39-40-42-44-46-48-50-52-54-56-58-60-62-64-66-68-70-75(78)80-73(71-76)72-79-74(77)69-67-65-63-61-59-57-55-53-51-49-47-45-43-41-32-30-28-26-24-22-20-18-16-14-12-10-8-6-4-2/h5-8,11-14,17-20,23-26,29-32,34-35,37-38,40,42-43,45,49,51,55,57,73,76H,3-4,9-10,15-16,21-22,27-28,33,36,39,41,44,46-48,50,52-54,56,58-72H2,1-2H3/b7-5-,8-6-,13-11-,14-12-,19-17-,20-18-,25-23-,26-24-,31-29-,32-30-,35-34-,38-37-,42-40-,45-43-,51-49-,57-55-. The van der Waals surface area contributed by atoms with Crippen molar-refractivity contribution >= 4 is 11.9 Å². The van der Waals surface area contributed by atoms with Crippen molar-refractivity contribution in [3.05, 3.63) is 194 Å². The lowest BCUT2D eigenvalue weighted by Gasteiger charge is -2.15. The summed E-state index contributed by atoms with van der Waals surface area (Å²) in [5.74, 6) is -0.634. The number of allylic oxidation sites excluding steroid dienone is 32. The number of esters is 2. The molecule has 0 fully saturated rings. The second-order valence-electron chi connectivity index (χ2n) is 20.4. The van der Waals surface area contributed by atoms with Crippen LogP contribution >= 0.6 is 0 Å². The number of hydrogen-bond donors (Lipinski definition) is 1. The summed E-state index contributed by atoms with van der Waals surface area (Å²) in [6, 6.07) is 0. The molecule has 0 aromatic carbocycles. The quantitative estimate of drug-likeness (QED) is 0.0373. The van der Waals surface area contributed by atoms with E-state index >= 15 is 0 Å². The maximum absolute atomic E-state index is 12.3. The molecule has 5 heteroatoms. The molecule has 0 saturated heterocycles. The molecule has 0 aliphatic heterocycles. The number of ether oxygens (including phenoxy) is 2. The van der Waals surface area contributed by atoms with Gasteiger partial charge in [-0.25, -0.2) is 0 Å². The van der Waals surface area contributed by atoms with Gasteiger partial charge >= 0.3 is 11.9 Å². The Kier molecular flexibility index (Phi) is 63.5. The number of aliphatic hydroxyl groups excluding tert-OH is 1. The minimum atomic E-state index is -0.801.